The van der Waals surface area contributed by atoms with Crippen LogP contribution in [0.4, 0.5) is 0 Å². The van der Waals surface area contributed by atoms with Gasteiger partial charge in [-0.3, -0.25) is 4.79 Å². The summed E-state index contributed by atoms with van der Waals surface area (Å²) in [5.41, 5.74) is 2.76. The predicted octanol–water partition coefficient (Wildman–Crippen LogP) is 4.77. The van der Waals surface area contributed by atoms with Crippen LogP contribution in [-0.4, -0.2) is 17.2 Å². The molecule has 2 aromatic rings. The van der Waals surface area contributed by atoms with E-state index in [1.54, 1.807) is 0 Å². The van der Waals surface area contributed by atoms with Crippen LogP contribution in [0.1, 0.15) is 15.9 Å². The Labute approximate surface area is 146 Å². The zero-order valence-corrected chi connectivity index (χ0v) is 13.8. The van der Waals surface area contributed by atoms with Gasteiger partial charge < -0.3 is 5.11 Å². The van der Waals surface area contributed by atoms with Crippen molar-refractivity contribution in [2.45, 2.75) is 0 Å². The Bertz CT molecular complexity index is 763. The van der Waals surface area contributed by atoms with Gasteiger partial charge in [0.25, 0.3) is 5.91 Å². The van der Waals surface area contributed by atoms with Gasteiger partial charge in [-0.2, -0.15) is 5.10 Å². The summed E-state index contributed by atoms with van der Waals surface area (Å²) in [6.07, 6.45) is 1.22. The third kappa shape index (κ3) is 4.05. The van der Waals surface area contributed by atoms with E-state index >= 15 is 0 Å². The van der Waals surface area contributed by atoms with Crippen LogP contribution in [0.3, 0.4) is 0 Å². The summed E-state index contributed by atoms with van der Waals surface area (Å²) >= 11 is 23.3. The highest BCUT2D eigenvalue weighted by atomic mass is 35.5. The van der Waals surface area contributed by atoms with Gasteiger partial charge in [-0.1, -0.05) is 46.4 Å². The molecule has 0 spiro atoms. The molecule has 0 saturated heterocycles. The number of hydrogen-bond acceptors (Lipinski definition) is 3. The van der Waals surface area contributed by atoms with E-state index in [-0.39, 0.29) is 26.9 Å². The minimum atomic E-state index is -0.523. The van der Waals surface area contributed by atoms with Gasteiger partial charge in [-0.15, -0.1) is 0 Å². The first kappa shape index (κ1) is 16.9. The number of halogens is 4. The van der Waals surface area contributed by atoms with Crippen molar-refractivity contribution in [1.82, 2.24) is 5.43 Å². The Balaban J connectivity index is 2.14. The number of nitrogens with zero attached hydrogens (tertiary/aromatic N) is 1. The molecule has 0 unspecified atom stereocenters. The number of amides is 1. The number of carbonyl (C=O) groups excluding carboxylic acids is 1. The second-order valence-corrected chi connectivity index (χ2v) is 5.84. The molecule has 0 aliphatic heterocycles. The quantitative estimate of drug-likeness (QED) is 0.597. The number of benzene rings is 2. The molecule has 0 saturated carbocycles. The summed E-state index contributed by atoms with van der Waals surface area (Å²) in [4.78, 5) is 11.9. The van der Waals surface area contributed by atoms with Crippen molar-refractivity contribution in [2.75, 3.05) is 0 Å². The third-order valence-electron chi connectivity index (χ3n) is 2.60. The van der Waals surface area contributed by atoms with Crippen molar-refractivity contribution in [2.24, 2.45) is 5.10 Å². The molecule has 2 N–H and O–H groups in total. The highest BCUT2D eigenvalue weighted by Crippen LogP contribution is 2.30. The smallest absolute Gasteiger partial charge is 0.272 e. The average molecular weight is 378 g/mol. The number of phenolic OH excluding ortho intramolecular Hbond substituents is 1. The molecule has 1 amide bonds. The van der Waals surface area contributed by atoms with E-state index in [0.717, 1.165) is 0 Å². The lowest BCUT2D eigenvalue weighted by molar-refractivity contribution is 0.0955. The average Bonchev–Trinajstić information content (AvgIpc) is 2.43. The standard InChI is InChI=1S/C14H8Cl4N2O2/c15-8-1-2-10(11(17)4-8)14(22)20-19-6-7-3-9(16)5-12(18)13(7)21/h1-6,21H,(H,20,22). The molecule has 114 valence electrons. The molecule has 0 aliphatic carbocycles. The molecule has 22 heavy (non-hydrogen) atoms. The van der Waals surface area contributed by atoms with Gasteiger partial charge in [0.2, 0.25) is 0 Å². The number of phenols is 1. The summed E-state index contributed by atoms with van der Waals surface area (Å²) in [5, 5.41) is 14.5. The summed E-state index contributed by atoms with van der Waals surface area (Å²) < 4.78 is 0. The van der Waals surface area contributed by atoms with E-state index in [2.05, 4.69) is 10.5 Å². The fourth-order valence-corrected chi connectivity index (χ4v) is 2.58. The normalized spacial score (nSPS) is 10.9. The number of aromatic hydroxyl groups is 1. The fourth-order valence-electron chi connectivity index (χ4n) is 1.58. The van der Waals surface area contributed by atoms with Crippen molar-refractivity contribution in [1.29, 1.82) is 0 Å². The topological polar surface area (TPSA) is 61.7 Å². The van der Waals surface area contributed by atoms with Crippen LogP contribution in [-0.2, 0) is 0 Å². The number of rotatable bonds is 3. The molecule has 2 aromatic carbocycles. The zero-order valence-electron chi connectivity index (χ0n) is 10.8. The molecule has 8 heteroatoms. The van der Waals surface area contributed by atoms with Crippen LogP contribution < -0.4 is 5.43 Å². The van der Waals surface area contributed by atoms with E-state index in [0.29, 0.717) is 10.0 Å². The highest BCUT2D eigenvalue weighted by molar-refractivity contribution is 6.37. The van der Waals surface area contributed by atoms with Gasteiger partial charge in [0, 0.05) is 15.6 Å². The van der Waals surface area contributed by atoms with E-state index in [9.17, 15) is 9.90 Å². The van der Waals surface area contributed by atoms with Crippen LogP contribution in [0.2, 0.25) is 20.1 Å². The fraction of sp³-hybridized carbons (Fsp3) is 0. The van der Waals surface area contributed by atoms with Crippen LogP contribution in [0.15, 0.2) is 35.4 Å². The Hall–Kier alpha value is -1.46. The molecule has 4 nitrogen and oxygen atoms in total. The minimum Gasteiger partial charge on any atom is -0.506 e. The van der Waals surface area contributed by atoms with E-state index in [4.69, 9.17) is 46.4 Å². The van der Waals surface area contributed by atoms with Gasteiger partial charge in [0.15, 0.2) is 0 Å². The highest BCUT2D eigenvalue weighted by Gasteiger charge is 2.10. The van der Waals surface area contributed by atoms with Crippen molar-refractivity contribution in [3.05, 3.63) is 61.5 Å². The molecule has 0 atom stereocenters. The SMILES string of the molecule is O=C(NN=Cc1cc(Cl)cc(Cl)c1O)c1ccc(Cl)cc1Cl. The summed E-state index contributed by atoms with van der Waals surface area (Å²) in [6.45, 7) is 0. The predicted molar refractivity (Wildman–Crippen MR) is 89.6 cm³/mol. The summed E-state index contributed by atoms with van der Waals surface area (Å²) in [6, 6.07) is 7.30. The first-order valence-electron chi connectivity index (χ1n) is 5.85. The van der Waals surface area contributed by atoms with Crippen molar-refractivity contribution < 1.29 is 9.90 Å². The Kier molecular flexibility index (Phi) is 5.53. The van der Waals surface area contributed by atoms with Gasteiger partial charge in [0.05, 0.1) is 21.8 Å². The van der Waals surface area contributed by atoms with Crippen molar-refractivity contribution >= 4 is 58.5 Å². The largest absolute Gasteiger partial charge is 0.506 e. The zero-order chi connectivity index (χ0) is 16.3. The second-order valence-electron chi connectivity index (χ2n) is 4.15. The minimum absolute atomic E-state index is 0.0843. The maximum Gasteiger partial charge on any atom is 0.272 e. The lowest BCUT2D eigenvalue weighted by Gasteiger charge is -2.04. The molecule has 0 aliphatic rings. The number of nitrogens with one attached hydrogen (secondary N) is 1. The number of hydrazone groups is 1. The van der Waals surface area contributed by atoms with Gasteiger partial charge in [-0.05, 0) is 30.3 Å². The molecule has 0 radical (unpaired) electrons. The molecule has 0 aromatic heterocycles. The Morgan fingerprint density at radius 3 is 2.41 bits per heavy atom. The molecule has 0 heterocycles. The van der Waals surface area contributed by atoms with E-state index in [1.807, 2.05) is 0 Å². The maximum absolute atomic E-state index is 11.9. The number of carbonyl (C=O) groups is 1. The van der Waals surface area contributed by atoms with Crippen LogP contribution >= 0.6 is 46.4 Å². The molecule has 0 bridgehead atoms. The van der Waals surface area contributed by atoms with E-state index in [1.165, 1.54) is 36.5 Å². The Morgan fingerprint density at radius 1 is 1.05 bits per heavy atom. The lowest BCUT2D eigenvalue weighted by atomic mass is 10.2. The van der Waals surface area contributed by atoms with Crippen LogP contribution in [0, 0.1) is 0 Å². The second kappa shape index (κ2) is 7.20. The van der Waals surface area contributed by atoms with Crippen molar-refractivity contribution in [3.8, 4) is 5.75 Å². The van der Waals surface area contributed by atoms with Crippen molar-refractivity contribution in [3.63, 3.8) is 0 Å². The van der Waals surface area contributed by atoms with Crippen LogP contribution in [0.25, 0.3) is 0 Å². The van der Waals surface area contributed by atoms with Crippen LogP contribution in [0.5, 0.6) is 5.75 Å². The molecule has 0 fully saturated rings. The molecule has 2 rings (SSSR count). The maximum atomic E-state index is 11.9. The third-order valence-corrected chi connectivity index (χ3v) is 3.66. The van der Waals surface area contributed by atoms with E-state index < -0.39 is 5.91 Å². The van der Waals surface area contributed by atoms with Gasteiger partial charge >= 0.3 is 0 Å². The Morgan fingerprint density at radius 2 is 1.73 bits per heavy atom. The summed E-state index contributed by atoms with van der Waals surface area (Å²) in [7, 11) is 0. The summed E-state index contributed by atoms with van der Waals surface area (Å²) in [5.74, 6) is -0.709. The molecular formula is C14H8Cl4N2O2. The first-order chi connectivity index (χ1) is 10.4. The monoisotopic (exact) mass is 376 g/mol. The first-order valence-corrected chi connectivity index (χ1v) is 7.36. The number of hydrogen-bond donors (Lipinski definition) is 2. The lowest BCUT2D eigenvalue weighted by Crippen LogP contribution is -2.18. The van der Waals surface area contributed by atoms with Gasteiger partial charge in [-0.25, -0.2) is 5.43 Å². The van der Waals surface area contributed by atoms with Gasteiger partial charge in [0.1, 0.15) is 5.75 Å². The molecular weight excluding hydrogens is 370 g/mol.